The third-order valence-electron chi connectivity index (χ3n) is 13.3. The van der Waals surface area contributed by atoms with E-state index in [1.165, 1.54) is 103 Å². The van der Waals surface area contributed by atoms with Gasteiger partial charge in [-0.1, -0.05) is 241 Å². The number of carbonyl (C=O) groups excluding carboxylic acids is 2. The predicted molar refractivity (Wildman–Crippen MR) is 323 cm³/mol. The number of esters is 1. The third-order valence-corrected chi connectivity index (χ3v) is 14.3. The third kappa shape index (κ3) is 55.7. The summed E-state index contributed by atoms with van der Waals surface area (Å²) in [6, 6.07) is -0.857. The molecule has 0 aromatic heterocycles. The minimum absolute atomic E-state index is 0.0349. The smallest absolute Gasteiger partial charge is 0.456 e. The Morgan fingerprint density at radius 3 is 1.33 bits per heavy atom. The minimum Gasteiger partial charge on any atom is -0.456 e. The fourth-order valence-electron chi connectivity index (χ4n) is 8.54. The number of allylic oxidation sites excluding steroid dienone is 13. The number of ether oxygens (including phenoxy) is 1. The number of likely N-dealkylation sites (N-methyl/N-ethyl adjacent to an activating group) is 1. The van der Waals surface area contributed by atoms with E-state index in [1.807, 2.05) is 33.3 Å². The lowest BCUT2D eigenvalue weighted by Gasteiger charge is -2.27. The van der Waals surface area contributed by atoms with Gasteiger partial charge < -0.3 is 19.4 Å². The molecule has 9 nitrogen and oxygen atoms in total. The zero-order chi connectivity index (χ0) is 55.0. The largest absolute Gasteiger partial charge is 0.472 e. The van der Waals surface area contributed by atoms with Crippen LogP contribution in [0.3, 0.4) is 0 Å². The van der Waals surface area contributed by atoms with Crippen LogP contribution < -0.4 is 5.32 Å². The molecule has 0 aromatic carbocycles. The Balaban J connectivity index is 5.16. The Bertz CT molecular complexity index is 1560. The van der Waals surface area contributed by atoms with Crippen molar-refractivity contribution in [3.05, 3.63) is 85.1 Å². The van der Waals surface area contributed by atoms with E-state index in [0.717, 1.165) is 128 Å². The molecule has 0 aliphatic rings. The van der Waals surface area contributed by atoms with Gasteiger partial charge in [0.1, 0.15) is 19.3 Å². The maximum Gasteiger partial charge on any atom is 0.472 e. The number of unbranched alkanes of at least 4 members (excludes halogenated alkanes) is 27. The van der Waals surface area contributed by atoms with E-state index in [1.54, 1.807) is 0 Å². The molecule has 10 heteroatoms. The van der Waals surface area contributed by atoms with Crippen molar-refractivity contribution in [3.63, 3.8) is 0 Å². The Hall–Kier alpha value is -2.81. The summed E-state index contributed by atoms with van der Waals surface area (Å²) in [5.74, 6) is -0.524. The SMILES string of the molecule is CC/C=C\C/C=C\C/C=C\C/C=C\C/C=C\CCCCCCCCCCCC(=O)OC(/C=C\CCCCCCCCCCCCC)C(COP(=O)(O)OCC[N+](C)(C)C)NC(=O)CCCCCCC/C=C\CCCC. The van der Waals surface area contributed by atoms with Crippen LogP contribution in [0.1, 0.15) is 265 Å². The number of nitrogens with one attached hydrogen (secondary N) is 1. The van der Waals surface area contributed by atoms with Crippen LogP contribution in [0.25, 0.3) is 0 Å². The molecule has 434 valence electrons. The van der Waals surface area contributed by atoms with Crippen molar-refractivity contribution in [2.24, 2.45) is 0 Å². The lowest BCUT2D eigenvalue weighted by atomic mass is 10.0. The predicted octanol–water partition coefficient (Wildman–Crippen LogP) is 19.0. The molecule has 0 heterocycles. The normalized spacial score (nSPS) is 14.3. The van der Waals surface area contributed by atoms with Crippen LogP contribution in [0.4, 0.5) is 0 Å². The van der Waals surface area contributed by atoms with Gasteiger partial charge >= 0.3 is 13.8 Å². The fourth-order valence-corrected chi connectivity index (χ4v) is 9.27. The maximum atomic E-state index is 13.5. The molecule has 0 saturated heterocycles. The Morgan fingerprint density at radius 1 is 0.480 bits per heavy atom. The molecule has 1 amide bonds. The summed E-state index contributed by atoms with van der Waals surface area (Å²) in [5, 5.41) is 3.04. The molecule has 75 heavy (non-hydrogen) atoms. The topological polar surface area (TPSA) is 111 Å². The quantitative estimate of drug-likeness (QED) is 0.0205. The van der Waals surface area contributed by atoms with Crippen molar-refractivity contribution < 1.29 is 37.3 Å². The highest BCUT2D eigenvalue weighted by Crippen LogP contribution is 2.43. The van der Waals surface area contributed by atoms with Gasteiger partial charge in [0.25, 0.3) is 0 Å². The number of phosphoric acid groups is 1. The number of carbonyl (C=O) groups is 2. The van der Waals surface area contributed by atoms with Crippen LogP contribution in [-0.4, -0.2) is 74.3 Å². The summed E-state index contributed by atoms with van der Waals surface area (Å²) in [6.45, 7) is 6.85. The van der Waals surface area contributed by atoms with Crippen LogP contribution in [0.15, 0.2) is 85.1 Å². The number of rotatable bonds is 55. The highest BCUT2D eigenvalue weighted by atomic mass is 31.2. The first-order valence-electron chi connectivity index (χ1n) is 30.9. The monoisotopic (exact) mass is 1070 g/mol. The van der Waals surface area contributed by atoms with E-state index in [-0.39, 0.29) is 31.5 Å². The molecule has 0 fully saturated rings. The molecule has 0 rings (SSSR count). The summed E-state index contributed by atoms with van der Waals surface area (Å²) >= 11 is 0. The number of hydrogen-bond acceptors (Lipinski definition) is 6. The number of amides is 1. The summed E-state index contributed by atoms with van der Waals surface area (Å²) in [7, 11) is 1.48. The van der Waals surface area contributed by atoms with Gasteiger partial charge in [0.05, 0.1) is 33.8 Å². The van der Waals surface area contributed by atoms with Crippen LogP contribution in [0.2, 0.25) is 0 Å². The van der Waals surface area contributed by atoms with Gasteiger partial charge in [-0.3, -0.25) is 18.6 Å². The van der Waals surface area contributed by atoms with E-state index >= 15 is 0 Å². The van der Waals surface area contributed by atoms with Gasteiger partial charge in [0.2, 0.25) is 5.91 Å². The van der Waals surface area contributed by atoms with E-state index in [2.05, 4.69) is 99.0 Å². The number of nitrogens with zero attached hydrogens (tertiary/aromatic N) is 1. The molecule has 0 aliphatic heterocycles. The fraction of sp³-hybridized carbons (Fsp3) is 0.754. The Morgan fingerprint density at radius 2 is 0.867 bits per heavy atom. The van der Waals surface area contributed by atoms with Crippen LogP contribution >= 0.6 is 7.82 Å². The average molecular weight is 1070 g/mol. The van der Waals surface area contributed by atoms with Crippen LogP contribution in [-0.2, 0) is 27.9 Å². The highest BCUT2D eigenvalue weighted by Gasteiger charge is 2.30. The van der Waals surface area contributed by atoms with Crippen molar-refractivity contribution in [2.45, 2.75) is 277 Å². The second kappa shape index (κ2) is 54.5. The van der Waals surface area contributed by atoms with Crippen molar-refractivity contribution in [2.75, 3.05) is 40.9 Å². The van der Waals surface area contributed by atoms with E-state index in [4.69, 9.17) is 13.8 Å². The van der Waals surface area contributed by atoms with Gasteiger partial charge in [0.15, 0.2) is 0 Å². The molecule has 0 aliphatic carbocycles. The second-order valence-corrected chi connectivity index (χ2v) is 23.3. The van der Waals surface area contributed by atoms with Gasteiger partial charge in [0, 0.05) is 12.8 Å². The molecule has 0 aromatic rings. The number of phosphoric ester groups is 1. The van der Waals surface area contributed by atoms with Gasteiger partial charge in [-0.25, -0.2) is 4.57 Å². The number of hydrogen-bond donors (Lipinski definition) is 2. The Kier molecular flexibility index (Phi) is 52.5. The molecule has 0 radical (unpaired) electrons. The van der Waals surface area contributed by atoms with Crippen LogP contribution in [0.5, 0.6) is 0 Å². The number of quaternary nitrogens is 1. The molecular weight excluding hydrogens is 952 g/mol. The molecular formula is C65H118N2O7P+. The molecule has 0 bridgehead atoms. The lowest BCUT2D eigenvalue weighted by molar-refractivity contribution is -0.870. The first-order chi connectivity index (χ1) is 36.4. The standard InChI is InChI=1S/C65H117N2O7P/c1-7-10-13-16-19-22-25-27-28-29-30-31-32-33-34-35-36-37-38-40-43-46-49-52-55-58-65(69)74-63(56-53-50-47-44-42-39-26-23-20-17-14-11-8-2)62(61-73-75(70,71)72-60-59-67(4,5)6)66-64(68)57-54-51-48-45-41-24-21-18-15-12-9-3/h10,13,18-19,21-22,27-28,30-31,33-34,53,56,62-63H,7-9,11-12,14-17,20,23-26,29,32,35-52,54-55,57-61H2,1-6H3,(H-,66,68,70,71)/p+1/b13-10-,21-18-,22-19-,28-27-,31-30-,34-33-,56-53-. The average Bonchev–Trinajstić information content (AvgIpc) is 3.37. The van der Waals surface area contributed by atoms with Crippen molar-refractivity contribution in [1.29, 1.82) is 0 Å². The first kappa shape index (κ1) is 72.2. The highest BCUT2D eigenvalue weighted by molar-refractivity contribution is 7.47. The minimum atomic E-state index is -4.45. The first-order valence-corrected chi connectivity index (χ1v) is 32.4. The molecule has 0 spiro atoms. The Labute approximate surface area is 463 Å². The summed E-state index contributed by atoms with van der Waals surface area (Å²) < 4.78 is 30.6. The molecule has 3 atom stereocenters. The van der Waals surface area contributed by atoms with Crippen LogP contribution in [0, 0.1) is 0 Å². The summed E-state index contributed by atoms with van der Waals surface area (Å²) in [4.78, 5) is 37.6. The second-order valence-electron chi connectivity index (χ2n) is 21.8. The maximum absolute atomic E-state index is 13.5. The van der Waals surface area contributed by atoms with Crippen molar-refractivity contribution >= 4 is 19.7 Å². The van der Waals surface area contributed by atoms with E-state index in [9.17, 15) is 19.0 Å². The lowest BCUT2D eigenvalue weighted by Crippen LogP contribution is -2.47. The van der Waals surface area contributed by atoms with Crippen molar-refractivity contribution in [3.8, 4) is 0 Å². The molecule has 2 N–H and O–H groups in total. The summed E-state index contributed by atoms with van der Waals surface area (Å²) in [6.07, 6.45) is 71.5. The zero-order valence-corrected chi connectivity index (χ0v) is 50.4. The molecule has 3 unspecified atom stereocenters. The van der Waals surface area contributed by atoms with Gasteiger partial charge in [-0.15, -0.1) is 0 Å². The van der Waals surface area contributed by atoms with Gasteiger partial charge in [-0.05, 0) is 96.0 Å². The van der Waals surface area contributed by atoms with Crippen molar-refractivity contribution in [1.82, 2.24) is 5.32 Å². The molecule has 0 saturated carbocycles. The van der Waals surface area contributed by atoms with E-state index < -0.39 is 20.0 Å². The zero-order valence-electron chi connectivity index (χ0n) is 49.5. The summed E-state index contributed by atoms with van der Waals surface area (Å²) in [5.41, 5.74) is 0. The van der Waals surface area contributed by atoms with E-state index in [0.29, 0.717) is 17.4 Å². The van der Waals surface area contributed by atoms with Gasteiger partial charge in [-0.2, -0.15) is 0 Å².